The van der Waals surface area contributed by atoms with Crippen molar-refractivity contribution in [2.75, 3.05) is 5.75 Å². The van der Waals surface area contributed by atoms with E-state index in [9.17, 15) is 19.5 Å². The highest BCUT2D eigenvalue weighted by Crippen LogP contribution is 2.45. The molecule has 2 amide bonds. The lowest BCUT2D eigenvalue weighted by Gasteiger charge is -2.49. The van der Waals surface area contributed by atoms with Gasteiger partial charge in [-0.1, -0.05) is 127 Å². The Morgan fingerprint density at radius 2 is 1.43 bits per heavy atom. The Balaban J connectivity index is 1.14. The fourth-order valence-electron chi connectivity index (χ4n) is 6.38. The Morgan fingerprint density at radius 3 is 1.96 bits per heavy atom. The molecule has 0 aliphatic carbocycles. The average molecular weight is 689 g/mol. The predicted molar refractivity (Wildman–Crippen MR) is 189 cm³/mol. The standard InChI is InChI=1S/C37H32N6O4S2/c38-30(24-13-5-1-6-14-24)33(44)39-31-34(45)43-32(36(46)47)29(23-49-35(31)43)48-22-28-21-42(41-40-28)37(25-15-7-2-8-16-25,26-17-9-3-10-18-26)27-19-11-4-12-20-27/h1-21,30-31,35H,22-23,38H2,(H,39,44)(H,46,47)/t30-,31-,35-/m1/s1. The zero-order valence-electron chi connectivity index (χ0n) is 26.1. The molecule has 49 heavy (non-hydrogen) atoms. The van der Waals surface area contributed by atoms with Crippen LogP contribution in [0, 0.1) is 0 Å². The van der Waals surface area contributed by atoms with E-state index in [0.717, 1.165) is 16.7 Å². The number of carbonyl (C=O) groups excluding carboxylic acids is 2. The number of carboxylic acid groups (broad SMARTS) is 1. The van der Waals surface area contributed by atoms with Gasteiger partial charge in [-0.2, -0.15) is 0 Å². The number of thioether (sulfide) groups is 2. The molecule has 4 N–H and O–H groups in total. The third-order valence-electron chi connectivity index (χ3n) is 8.73. The summed E-state index contributed by atoms with van der Waals surface area (Å²) in [6, 6.07) is 37.5. The number of hydrogen-bond acceptors (Lipinski definition) is 8. The second kappa shape index (κ2) is 13.7. The first-order valence-electron chi connectivity index (χ1n) is 15.6. The first kappa shape index (κ1) is 32.4. The number of carbonyl (C=O) groups is 3. The van der Waals surface area contributed by atoms with Crippen LogP contribution in [0.3, 0.4) is 0 Å². The summed E-state index contributed by atoms with van der Waals surface area (Å²) < 4.78 is 1.87. The minimum Gasteiger partial charge on any atom is -0.477 e. The van der Waals surface area contributed by atoms with Crippen LogP contribution in [0.25, 0.3) is 0 Å². The summed E-state index contributed by atoms with van der Waals surface area (Å²) in [5, 5.41) is 21.6. The number of rotatable bonds is 11. The van der Waals surface area contributed by atoms with E-state index in [4.69, 9.17) is 5.73 Å². The van der Waals surface area contributed by atoms with Gasteiger partial charge in [0.2, 0.25) is 5.91 Å². The molecule has 1 fully saturated rings. The van der Waals surface area contributed by atoms with Crippen molar-refractivity contribution in [2.45, 2.75) is 28.7 Å². The van der Waals surface area contributed by atoms with Gasteiger partial charge in [0.25, 0.3) is 5.91 Å². The maximum atomic E-state index is 13.3. The lowest BCUT2D eigenvalue weighted by molar-refractivity contribution is -0.150. The van der Waals surface area contributed by atoms with Crippen molar-refractivity contribution in [3.8, 4) is 0 Å². The molecule has 246 valence electrons. The highest BCUT2D eigenvalue weighted by Gasteiger charge is 2.54. The Kier molecular flexibility index (Phi) is 9.09. The molecular weight excluding hydrogens is 657 g/mol. The molecule has 0 bridgehead atoms. The highest BCUT2D eigenvalue weighted by molar-refractivity contribution is 8.05. The monoisotopic (exact) mass is 688 g/mol. The van der Waals surface area contributed by atoms with E-state index in [2.05, 4.69) is 52.0 Å². The number of aromatic nitrogens is 3. The van der Waals surface area contributed by atoms with Gasteiger partial charge in [0.1, 0.15) is 28.7 Å². The molecule has 0 radical (unpaired) electrons. The Bertz CT molecular complexity index is 1910. The van der Waals surface area contributed by atoms with Crippen LogP contribution in [0.4, 0.5) is 0 Å². The van der Waals surface area contributed by atoms with Crippen molar-refractivity contribution in [1.82, 2.24) is 25.2 Å². The number of amides is 2. The van der Waals surface area contributed by atoms with Gasteiger partial charge < -0.3 is 16.2 Å². The maximum Gasteiger partial charge on any atom is 0.353 e. The second-order valence-corrected chi connectivity index (χ2v) is 13.8. The number of β-lactam (4-membered cyclic amide) rings is 1. The molecule has 2 aliphatic heterocycles. The largest absolute Gasteiger partial charge is 0.477 e. The summed E-state index contributed by atoms with van der Waals surface area (Å²) in [7, 11) is 0. The van der Waals surface area contributed by atoms with E-state index in [1.807, 2.05) is 71.5 Å². The lowest BCUT2D eigenvalue weighted by Crippen LogP contribution is -2.71. The number of benzene rings is 4. The molecule has 0 unspecified atom stereocenters. The minimum atomic E-state index is -1.20. The normalized spacial score (nSPS) is 18.0. The number of hydrogen-bond donors (Lipinski definition) is 3. The topological polar surface area (TPSA) is 143 Å². The maximum absolute atomic E-state index is 13.3. The number of carboxylic acids is 1. The van der Waals surface area contributed by atoms with E-state index >= 15 is 0 Å². The summed E-state index contributed by atoms with van der Waals surface area (Å²) in [6.07, 6.45) is 1.90. The second-order valence-electron chi connectivity index (χ2n) is 11.6. The molecule has 4 aromatic carbocycles. The fraction of sp³-hybridized carbons (Fsp3) is 0.162. The fourth-order valence-corrected chi connectivity index (χ4v) is 8.89. The Labute approximate surface area is 291 Å². The summed E-state index contributed by atoms with van der Waals surface area (Å²) in [5.41, 5.74) is 9.52. The molecule has 0 spiro atoms. The Morgan fingerprint density at radius 1 is 0.898 bits per heavy atom. The van der Waals surface area contributed by atoms with Gasteiger partial charge in [-0.05, 0) is 22.3 Å². The van der Waals surface area contributed by atoms with Gasteiger partial charge in [-0.3, -0.25) is 14.5 Å². The van der Waals surface area contributed by atoms with Gasteiger partial charge in [0.15, 0.2) is 0 Å². The molecule has 12 heteroatoms. The van der Waals surface area contributed by atoms with Crippen LogP contribution < -0.4 is 11.1 Å². The SMILES string of the molecule is N[C@@H](C(=O)N[C@@H]1C(=O)N2C(C(=O)O)=C(SCc3cn(C(c4ccccc4)(c4ccccc4)c4ccccc4)nn3)CS[C@H]12)c1ccccc1. The first-order chi connectivity index (χ1) is 23.9. The summed E-state index contributed by atoms with van der Waals surface area (Å²) in [4.78, 5) is 40.5. The van der Waals surface area contributed by atoms with Gasteiger partial charge in [0.05, 0.1) is 11.9 Å². The molecule has 3 atom stereocenters. The smallest absolute Gasteiger partial charge is 0.353 e. The molecule has 3 heterocycles. The van der Waals surface area contributed by atoms with Crippen molar-refractivity contribution in [2.24, 2.45) is 5.73 Å². The summed E-state index contributed by atoms with van der Waals surface area (Å²) >= 11 is 2.72. The van der Waals surface area contributed by atoms with Crippen LogP contribution in [0.1, 0.15) is 34.0 Å². The van der Waals surface area contributed by atoms with E-state index in [0.29, 0.717) is 27.7 Å². The van der Waals surface area contributed by atoms with Crippen LogP contribution in [0.5, 0.6) is 0 Å². The minimum absolute atomic E-state index is 0.0730. The van der Waals surface area contributed by atoms with Crippen LogP contribution in [-0.4, -0.2) is 60.0 Å². The van der Waals surface area contributed by atoms with E-state index in [1.165, 1.54) is 28.4 Å². The third-order valence-corrected chi connectivity index (χ3v) is 11.3. The average Bonchev–Trinajstić information content (AvgIpc) is 3.63. The lowest BCUT2D eigenvalue weighted by atomic mass is 9.77. The van der Waals surface area contributed by atoms with Crippen molar-refractivity contribution in [3.05, 3.63) is 166 Å². The molecule has 2 aliphatic rings. The van der Waals surface area contributed by atoms with Crippen molar-refractivity contribution in [3.63, 3.8) is 0 Å². The quantitative estimate of drug-likeness (QED) is 0.132. The van der Waals surface area contributed by atoms with E-state index in [1.54, 1.807) is 24.3 Å². The number of nitrogens with zero attached hydrogens (tertiary/aromatic N) is 4. The summed E-state index contributed by atoms with van der Waals surface area (Å²) in [6.45, 7) is 0. The van der Waals surface area contributed by atoms with Crippen LogP contribution in [0.2, 0.25) is 0 Å². The van der Waals surface area contributed by atoms with Gasteiger partial charge >= 0.3 is 5.97 Å². The molecule has 1 aromatic heterocycles. The van der Waals surface area contributed by atoms with Gasteiger partial charge in [0, 0.05) is 16.4 Å². The predicted octanol–water partition coefficient (Wildman–Crippen LogP) is 4.75. The number of aliphatic carboxylic acids is 1. The van der Waals surface area contributed by atoms with E-state index in [-0.39, 0.29) is 5.70 Å². The van der Waals surface area contributed by atoms with Crippen molar-refractivity contribution >= 4 is 41.3 Å². The molecule has 10 nitrogen and oxygen atoms in total. The zero-order valence-corrected chi connectivity index (χ0v) is 27.8. The zero-order chi connectivity index (χ0) is 34.0. The van der Waals surface area contributed by atoms with Gasteiger partial charge in [-0.25, -0.2) is 9.48 Å². The van der Waals surface area contributed by atoms with Crippen molar-refractivity contribution in [1.29, 1.82) is 0 Å². The molecule has 0 saturated carbocycles. The third kappa shape index (κ3) is 5.92. The molecule has 1 saturated heterocycles. The van der Waals surface area contributed by atoms with Gasteiger partial charge in [-0.15, -0.1) is 28.6 Å². The Hall–Kier alpha value is -5.17. The number of nitrogens with two attached hydrogens (primary N) is 1. The van der Waals surface area contributed by atoms with Crippen LogP contribution >= 0.6 is 23.5 Å². The molecule has 5 aromatic rings. The highest BCUT2D eigenvalue weighted by atomic mass is 32.2. The van der Waals surface area contributed by atoms with Crippen molar-refractivity contribution < 1.29 is 19.5 Å². The molecular formula is C37H32N6O4S2. The van der Waals surface area contributed by atoms with Crippen LogP contribution in [-0.2, 0) is 25.7 Å². The van der Waals surface area contributed by atoms with Crippen LogP contribution in [0.15, 0.2) is 138 Å². The number of fused-ring (bicyclic) bond motifs is 1. The van der Waals surface area contributed by atoms with E-state index < -0.39 is 40.8 Å². The first-order valence-corrected chi connectivity index (χ1v) is 17.7. The summed E-state index contributed by atoms with van der Waals surface area (Å²) in [5.74, 6) is -1.49. The molecule has 7 rings (SSSR count). The number of nitrogens with one attached hydrogen (secondary N) is 1.